The minimum atomic E-state index is -0.178. The molecule has 1 saturated heterocycles. The van der Waals surface area contributed by atoms with Gasteiger partial charge >= 0.3 is 6.03 Å². The van der Waals surface area contributed by atoms with Crippen molar-refractivity contribution >= 4 is 29.2 Å². The number of halogens is 1. The largest absolute Gasteiger partial charge is 0.333 e. The topological polar surface area (TPSA) is 52.7 Å². The smallest absolute Gasteiger partial charge is 0.318 e. The molecule has 0 aliphatic carbocycles. The van der Waals surface area contributed by atoms with Crippen molar-refractivity contribution in [3.8, 4) is 0 Å². The summed E-state index contributed by atoms with van der Waals surface area (Å²) in [7, 11) is 0. The lowest BCUT2D eigenvalue weighted by molar-refractivity contribution is -0.117. The Kier molecular flexibility index (Phi) is 4.55. The summed E-state index contributed by atoms with van der Waals surface area (Å²) in [5, 5.41) is 3.65. The monoisotopic (exact) mass is 369 g/mol. The Morgan fingerprint density at radius 1 is 1.08 bits per heavy atom. The molecular formula is C20H20ClN3O2. The van der Waals surface area contributed by atoms with Crippen LogP contribution in [0.2, 0.25) is 5.02 Å². The Labute approximate surface area is 157 Å². The average Bonchev–Trinajstić information content (AvgIpc) is 3.02. The molecule has 1 N–H and O–H groups in total. The first-order chi connectivity index (χ1) is 12.6. The van der Waals surface area contributed by atoms with Crippen molar-refractivity contribution < 1.29 is 9.59 Å². The van der Waals surface area contributed by atoms with E-state index in [9.17, 15) is 9.59 Å². The van der Waals surface area contributed by atoms with E-state index >= 15 is 0 Å². The molecular weight excluding hydrogens is 350 g/mol. The second-order valence-electron chi connectivity index (χ2n) is 6.77. The Morgan fingerprint density at radius 3 is 2.58 bits per heavy atom. The van der Waals surface area contributed by atoms with Gasteiger partial charge in [-0.05, 0) is 41.8 Å². The second-order valence-corrected chi connectivity index (χ2v) is 7.21. The van der Waals surface area contributed by atoms with E-state index in [1.165, 1.54) is 11.1 Å². The molecule has 0 spiro atoms. The molecule has 2 aromatic rings. The minimum Gasteiger partial charge on any atom is -0.333 e. The van der Waals surface area contributed by atoms with Crippen molar-refractivity contribution in [3.05, 3.63) is 64.7 Å². The summed E-state index contributed by atoms with van der Waals surface area (Å²) in [6.45, 7) is 1.80. The van der Waals surface area contributed by atoms with Gasteiger partial charge in [-0.1, -0.05) is 35.9 Å². The Balaban J connectivity index is 1.38. The van der Waals surface area contributed by atoms with Gasteiger partial charge in [-0.15, -0.1) is 0 Å². The molecule has 0 bridgehead atoms. The molecule has 2 heterocycles. The van der Waals surface area contributed by atoms with Crippen LogP contribution < -0.4 is 10.2 Å². The van der Waals surface area contributed by atoms with E-state index in [4.69, 9.17) is 11.6 Å². The molecule has 6 heteroatoms. The van der Waals surface area contributed by atoms with E-state index in [1.54, 1.807) is 17.0 Å². The fourth-order valence-corrected chi connectivity index (χ4v) is 3.74. The standard InChI is InChI=1S/C20H20ClN3O2/c21-16-5-7-18(8-6-16)24-13-17(11-19(24)25)22-20(26)23-10-9-14-3-1-2-4-15(14)12-23/h1-8,17H,9-13H2,(H,22,26)/t17-/m1/s1. The molecule has 1 atom stereocenters. The Bertz CT molecular complexity index is 837. The molecule has 2 aliphatic rings. The third-order valence-electron chi connectivity index (χ3n) is 5.01. The van der Waals surface area contributed by atoms with Gasteiger partial charge in [0.15, 0.2) is 0 Å². The Hall–Kier alpha value is -2.53. The van der Waals surface area contributed by atoms with Crippen LogP contribution in [0.5, 0.6) is 0 Å². The molecule has 26 heavy (non-hydrogen) atoms. The van der Waals surface area contributed by atoms with Crippen LogP contribution in [-0.4, -0.2) is 36.0 Å². The summed E-state index contributed by atoms with van der Waals surface area (Å²) in [5.74, 6) is 0.0154. The number of nitrogens with zero attached hydrogens (tertiary/aromatic N) is 2. The van der Waals surface area contributed by atoms with Crippen LogP contribution in [-0.2, 0) is 17.8 Å². The van der Waals surface area contributed by atoms with Gasteiger partial charge in [0.2, 0.25) is 5.91 Å². The van der Waals surface area contributed by atoms with Crippen LogP contribution in [0, 0.1) is 0 Å². The number of hydrogen-bond donors (Lipinski definition) is 1. The number of benzene rings is 2. The zero-order chi connectivity index (χ0) is 18.1. The van der Waals surface area contributed by atoms with Crippen molar-refractivity contribution in [1.29, 1.82) is 0 Å². The highest BCUT2D eigenvalue weighted by Crippen LogP contribution is 2.24. The molecule has 1 fully saturated rings. The lowest BCUT2D eigenvalue weighted by Crippen LogP contribution is -2.47. The van der Waals surface area contributed by atoms with Gasteiger partial charge in [-0.25, -0.2) is 4.79 Å². The third kappa shape index (κ3) is 3.40. The summed E-state index contributed by atoms with van der Waals surface area (Å²) in [5.41, 5.74) is 3.31. The number of urea groups is 1. The van der Waals surface area contributed by atoms with Crippen molar-refractivity contribution in [2.24, 2.45) is 0 Å². The highest BCUT2D eigenvalue weighted by atomic mass is 35.5. The molecule has 3 amide bonds. The molecule has 4 rings (SSSR count). The summed E-state index contributed by atoms with van der Waals surface area (Å²) >= 11 is 5.91. The number of rotatable bonds is 2. The first-order valence-corrected chi connectivity index (χ1v) is 9.16. The second kappa shape index (κ2) is 7.00. The summed E-state index contributed by atoms with van der Waals surface area (Å²) in [6, 6.07) is 15.1. The number of anilines is 1. The Morgan fingerprint density at radius 2 is 1.81 bits per heavy atom. The maximum absolute atomic E-state index is 12.6. The van der Waals surface area contributed by atoms with Crippen LogP contribution >= 0.6 is 11.6 Å². The predicted octanol–water partition coefficient (Wildman–Crippen LogP) is 3.21. The van der Waals surface area contributed by atoms with Crippen LogP contribution in [0.3, 0.4) is 0 Å². The highest BCUT2D eigenvalue weighted by Gasteiger charge is 2.33. The number of amides is 3. The molecule has 2 aromatic carbocycles. The summed E-state index contributed by atoms with van der Waals surface area (Å²) in [4.78, 5) is 28.5. The van der Waals surface area contributed by atoms with Crippen molar-refractivity contribution in [2.45, 2.75) is 25.4 Å². The van der Waals surface area contributed by atoms with Crippen LogP contribution in [0.1, 0.15) is 17.5 Å². The van der Waals surface area contributed by atoms with Gasteiger partial charge in [-0.2, -0.15) is 0 Å². The zero-order valence-electron chi connectivity index (χ0n) is 14.3. The minimum absolute atomic E-state index is 0.0154. The van der Waals surface area contributed by atoms with E-state index in [2.05, 4.69) is 17.4 Å². The normalized spacial score (nSPS) is 19.4. The number of carbonyl (C=O) groups excluding carboxylic acids is 2. The fraction of sp³-hybridized carbons (Fsp3) is 0.300. The predicted molar refractivity (Wildman–Crippen MR) is 101 cm³/mol. The zero-order valence-corrected chi connectivity index (χ0v) is 15.1. The van der Waals surface area contributed by atoms with Gasteiger partial charge in [0.05, 0.1) is 6.04 Å². The van der Waals surface area contributed by atoms with E-state index < -0.39 is 0 Å². The quantitative estimate of drug-likeness (QED) is 0.883. The van der Waals surface area contributed by atoms with Gasteiger partial charge in [-0.3, -0.25) is 4.79 Å². The van der Waals surface area contributed by atoms with Gasteiger partial charge in [0.25, 0.3) is 0 Å². The average molecular weight is 370 g/mol. The molecule has 5 nitrogen and oxygen atoms in total. The van der Waals surface area contributed by atoms with E-state index in [-0.39, 0.29) is 18.0 Å². The molecule has 0 aromatic heterocycles. The first kappa shape index (κ1) is 16.9. The maximum atomic E-state index is 12.6. The van der Waals surface area contributed by atoms with E-state index in [0.29, 0.717) is 31.1 Å². The highest BCUT2D eigenvalue weighted by molar-refractivity contribution is 6.30. The van der Waals surface area contributed by atoms with Gasteiger partial charge in [0.1, 0.15) is 0 Å². The fourth-order valence-electron chi connectivity index (χ4n) is 3.61. The molecule has 134 valence electrons. The first-order valence-electron chi connectivity index (χ1n) is 8.78. The van der Waals surface area contributed by atoms with Crippen molar-refractivity contribution in [2.75, 3.05) is 18.0 Å². The van der Waals surface area contributed by atoms with Crippen LogP contribution in [0.4, 0.5) is 10.5 Å². The lowest BCUT2D eigenvalue weighted by Gasteiger charge is -2.30. The van der Waals surface area contributed by atoms with Crippen molar-refractivity contribution in [3.63, 3.8) is 0 Å². The van der Waals surface area contributed by atoms with E-state index in [1.807, 2.05) is 29.2 Å². The number of fused-ring (bicyclic) bond motifs is 1. The van der Waals surface area contributed by atoms with Crippen LogP contribution in [0.25, 0.3) is 0 Å². The number of carbonyl (C=O) groups is 2. The number of nitrogens with one attached hydrogen (secondary N) is 1. The van der Waals surface area contributed by atoms with E-state index in [0.717, 1.165) is 12.1 Å². The van der Waals surface area contributed by atoms with Gasteiger partial charge < -0.3 is 15.1 Å². The summed E-state index contributed by atoms with van der Waals surface area (Å²) < 4.78 is 0. The SMILES string of the molecule is O=C(N[C@@H]1CC(=O)N(c2ccc(Cl)cc2)C1)N1CCc2ccccc2C1. The van der Waals surface area contributed by atoms with Crippen LogP contribution in [0.15, 0.2) is 48.5 Å². The molecule has 0 radical (unpaired) electrons. The molecule has 0 unspecified atom stereocenters. The lowest BCUT2D eigenvalue weighted by atomic mass is 10.0. The molecule has 2 aliphatic heterocycles. The third-order valence-corrected chi connectivity index (χ3v) is 5.26. The summed E-state index contributed by atoms with van der Waals surface area (Å²) in [6.07, 6.45) is 1.18. The molecule has 0 saturated carbocycles. The maximum Gasteiger partial charge on any atom is 0.318 e. The number of hydrogen-bond acceptors (Lipinski definition) is 2. The van der Waals surface area contributed by atoms with Crippen molar-refractivity contribution in [1.82, 2.24) is 10.2 Å². The van der Waals surface area contributed by atoms with Gasteiger partial charge in [0, 0.05) is 36.8 Å².